The second-order valence-corrected chi connectivity index (χ2v) is 20.7. The Labute approximate surface area is 390 Å². The fraction of sp³-hybridized carbons (Fsp3) is 0.897. The Morgan fingerprint density at radius 3 is 0.726 bits per heavy atom. The highest BCUT2D eigenvalue weighted by molar-refractivity contribution is 5.54. The Hall–Kier alpha value is -1.42. The molecule has 0 amide bonds. The number of benzene rings is 1. The zero-order valence-corrected chi connectivity index (χ0v) is 43.4. The van der Waals surface area contributed by atoms with Gasteiger partial charge in [0.05, 0.1) is 41.0 Å². The van der Waals surface area contributed by atoms with Crippen LogP contribution in [0.1, 0.15) is 296 Å². The van der Waals surface area contributed by atoms with E-state index in [2.05, 4.69) is 54.0 Å². The third kappa shape index (κ3) is 39.0. The standard InChI is InChI=1S/C58H112NO3/c1-7-10-13-16-19-22-25-28-31-34-37-40-43-46-49-60-56-52-55(54-59(4,5)6)53-57(61-50-47-44-41-38-35-32-29-26-23-20-17-14-11-8-2)58(56)62-51-48-45-42-39-36-33-30-27-24-21-18-15-12-9-3/h52-53H,7-51,54H2,1-6H3/q+1. The van der Waals surface area contributed by atoms with Crippen molar-refractivity contribution < 1.29 is 18.7 Å². The molecule has 0 bridgehead atoms. The van der Waals surface area contributed by atoms with E-state index in [0.29, 0.717) is 0 Å². The van der Waals surface area contributed by atoms with Crippen LogP contribution in [-0.2, 0) is 6.54 Å². The Morgan fingerprint density at radius 2 is 0.500 bits per heavy atom. The molecule has 1 aromatic rings. The Bertz CT molecular complexity index is 995. The van der Waals surface area contributed by atoms with E-state index >= 15 is 0 Å². The summed E-state index contributed by atoms with van der Waals surface area (Å²) in [6, 6.07) is 4.51. The largest absolute Gasteiger partial charge is 0.490 e. The first kappa shape index (κ1) is 58.6. The minimum atomic E-state index is 0.733. The third-order valence-electron chi connectivity index (χ3n) is 13.0. The molecule has 1 aromatic carbocycles. The van der Waals surface area contributed by atoms with Crippen molar-refractivity contribution >= 4 is 0 Å². The van der Waals surface area contributed by atoms with Gasteiger partial charge in [0.2, 0.25) is 5.75 Å². The van der Waals surface area contributed by atoms with Gasteiger partial charge in [0.1, 0.15) is 6.54 Å². The molecular formula is C58H112NO3+. The number of nitrogens with zero attached hydrogens (tertiary/aromatic N) is 1. The van der Waals surface area contributed by atoms with E-state index in [1.807, 2.05) is 0 Å². The predicted molar refractivity (Wildman–Crippen MR) is 276 cm³/mol. The molecule has 0 saturated carbocycles. The molecule has 0 fully saturated rings. The lowest BCUT2D eigenvalue weighted by Crippen LogP contribution is -2.33. The molecule has 0 heterocycles. The maximum absolute atomic E-state index is 6.65. The summed E-state index contributed by atoms with van der Waals surface area (Å²) >= 11 is 0. The van der Waals surface area contributed by atoms with Crippen LogP contribution in [-0.4, -0.2) is 45.4 Å². The van der Waals surface area contributed by atoms with E-state index in [4.69, 9.17) is 14.2 Å². The minimum Gasteiger partial charge on any atom is -0.490 e. The highest BCUT2D eigenvalue weighted by atomic mass is 16.5. The Kier molecular flexibility index (Phi) is 42.3. The van der Waals surface area contributed by atoms with Crippen LogP contribution in [0.2, 0.25) is 0 Å². The van der Waals surface area contributed by atoms with E-state index in [1.165, 1.54) is 256 Å². The minimum absolute atomic E-state index is 0.733. The molecule has 62 heavy (non-hydrogen) atoms. The molecule has 0 aliphatic rings. The lowest BCUT2D eigenvalue weighted by Gasteiger charge is -2.25. The second kappa shape index (κ2) is 44.8. The molecule has 4 heteroatoms. The van der Waals surface area contributed by atoms with Crippen molar-refractivity contribution in [3.8, 4) is 17.2 Å². The van der Waals surface area contributed by atoms with Crippen LogP contribution in [0.4, 0.5) is 0 Å². The van der Waals surface area contributed by atoms with Crippen molar-refractivity contribution in [1.82, 2.24) is 0 Å². The van der Waals surface area contributed by atoms with Gasteiger partial charge in [-0.2, -0.15) is 0 Å². The summed E-state index contributed by atoms with van der Waals surface area (Å²) in [6.45, 7) is 10.1. The number of ether oxygens (including phenoxy) is 3. The monoisotopic (exact) mass is 871 g/mol. The van der Waals surface area contributed by atoms with Gasteiger partial charge < -0.3 is 18.7 Å². The highest BCUT2D eigenvalue weighted by Crippen LogP contribution is 2.40. The van der Waals surface area contributed by atoms with E-state index in [0.717, 1.165) is 67.4 Å². The first-order valence-corrected chi connectivity index (χ1v) is 28.3. The van der Waals surface area contributed by atoms with Gasteiger partial charge in [-0.1, -0.05) is 271 Å². The van der Waals surface area contributed by atoms with Gasteiger partial charge in [0, 0.05) is 5.56 Å². The van der Waals surface area contributed by atoms with Gasteiger partial charge in [0.25, 0.3) is 0 Å². The average molecular weight is 872 g/mol. The lowest BCUT2D eigenvalue weighted by molar-refractivity contribution is -0.884. The number of hydrogen-bond acceptors (Lipinski definition) is 3. The summed E-state index contributed by atoms with van der Waals surface area (Å²) in [7, 11) is 6.80. The Morgan fingerprint density at radius 1 is 0.290 bits per heavy atom. The second-order valence-electron chi connectivity index (χ2n) is 20.7. The van der Waals surface area contributed by atoms with Crippen LogP contribution in [0.3, 0.4) is 0 Å². The number of quaternary nitrogens is 1. The topological polar surface area (TPSA) is 27.7 Å². The summed E-state index contributed by atoms with van der Waals surface area (Å²) in [5.41, 5.74) is 1.27. The summed E-state index contributed by atoms with van der Waals surface area (Å²) < 4.78 is 20.8. The van der Waals surface area contributed by atoms with Gasteiger partial charge >= 0.3 is 0 Å². The SMILES string of the molecule is CCCCCCCCCCCCCCCCOc1cc(C[N+](C)(C)C)cc(OCCCCCCCCCCCCCCCC)c1OCCCCCCCCCCCCCCCC. The molecule has 0 unspecified atom stereocenters. The number of rotatable bonds is 50. The fourth-order valence-electron chi connectivity index (χ4n) is 9.05. The van der Waals surface area contributed by atoms with E-state index in [9.17, 15) is 0 Å². The molecule has 1 rings (SSSR count). The average Bonchev–Trinajstić information content (AvgIpc) is 3.25. The highest BCUT2D eigenvalue weighted by Gasteiger charge is 2.19. The first-order chi connectivity index (χ1) is 30.4. The van der Waals surface area contributed by atoms with Gasteiger partial charge in [0.15, 0.2) is 11.5 Å². The van der Waals surface area contributed by atoms with Crippen LogP contribution in [0.5, 0.6) is 17.2 Å². The number of unbranched alkanes of at least 4 members (excludes halogenated alkanes) is 39. The van der Waals surface area contributed by atoms with Crippen molar-refractivity contribution in [2.75, 3.05) is 41.0 Å². The van der Waals surface area contributed by atoms with E-state index in [-0.39, 0.29) is 0 Å². The molecule has 366 valence electrons. The van der Waals surface area contributed by atoms with Crippen LogP contribution in [0.25, 0.3) is 0 Å². The van der Waals surface area contributed by atoms with Crippen molar-refractivity contribution in [1.29, 1.82) is 0 Å². The molecular weight excluding hydrogens is 759 g/mol. The van der Waals surface area contributed by atoms with Gasteiger partial charge in [-0.3, -0.25) is 0 Å². The van der Waals surface area contributed by atoms with Crippen molar-refractivity contribution in [2.45, 2.75) is 297 Å². The lowest BCUT2D eigenvalue weighted by atomic mass is 10.0. The molecule has 0 atom stereocenters. The smallest absolute Gasteiger partial charge is 0.203 e. The van der Waals surface area contributed by atoms with Crippen molar-refractivity contribution in [3.05, 3.63) is 17.7 Å². The van der Waals surface area contributed by atoms with Crippen LogP contribution in [0.15, 0.2) is 12.1 Å². The Balaban J connectivity index is 2.60. The molecule has 0 saturated heterocycles. The normalized spacial score (nSPS) is 11.8. The zero-order valence-electron chi connectivity index (χ0n) is 43.4. The molecule has 0 radical (unpaired) electrons. The van der Waals surface area contributed by atoms with E-state index in [1.54, 1.807) is 0 Å². The van der Waals surface area contributed by atoms with Crippen LogP contribution >= 0.6 is 0 Å². The maximum atomic E-state index is 6.65. The number of hydrogen-bond donors (Lipinski definition) is 0. The summed E-state index contributed by atoms with van der Waals surface area (Å²) in [4.78, 5) is 0. The molecule has 0 aliphatic heterocycles. The molecule has 0 aromatic heterocycles. The van der Waals surface area contributed by atoms with Crippen molar-refractivity contribution in [2.24, 2.45) is 0 Å². The predicted octanol–water partition coefficient (Wildman–Crippen LogP) is 19.5. The zero-order chi connectivity index (χ0) is 44.9. The quantitative estimate of drug-likeness (QED) is 0.0482. The molecule has 0 spiro atoms. The third-order valence-corrected chi connectivity index (χ3v) is 13.0. The van der Waals surface area contributed by atoms with Gasteiger partial charge in [-0.15, -0.1) is 0 Å². The molecule has 0 aliphatic carbocycles. The maximum Gasteiger partial charge on any atom is 0.203 e. The van der Waals surface area contributed by atoms with Gasteiger partial charge in [-0.25, -0.2) is 0 Å². The van der Waals surface area contributed by atoms with Crippen molar-refractivity contribution in [3.63, 3.8) is 0 Å². The molecule has 0 N–H and O–H groups in total. The summed E-state index contributed by atoms with van der Waals surface area (Å²) in [5.74, 6) is 2.64. The fourth-order valence-corrected chi connectivity index (χ4v) is 9.05. The molecule has 4 nitrogen and oxygen atoms in total. The van der Waals surface area contributed by atoms with E-state index < -0.39 is 0 Å². The van der Waals surface area contributed by atoms with Crippen LogP contribution in [0, 0.1) is 0 Å². The summed E-state index contributed by atoms with van der Waals surface area (Å²) in [6.07, 6.45) is 57.6. The first-order valence-electron chi connectivity index (χ1n) is 28.3. The summed E-state index contributed by atoms with van der Waals surface area (Å²) in [5, 5.41) is 0. The van der Waals surface area contributed by atoms with Crippen LogP contribution < -0.4 is 14.2 Å². The van der Waals surface area contributed by atoms with Gasteiger partial charge in [-0.05, 0) is 31.4 Å².